The first-order valence-corrected chi connectivity index (χ1v) is 8.84. The smallest absolute Gasteiger partial charge is 0.313 e. The lowest BCUT2D eigenvalue weighted by Gasteiger charge is -2.23. The summed E-state index contributed by atoms with van der Waals surface area (Å²) in [5, 5.41) is 14.1. The van der Waals surface area contributed by atoms with E-state index >= 15 is 0 Å². The predicted molar refractivity (Wildman–Crippen MR) is 96.5 cm³/mol. The minimum Gasteiger partial charge on any atom is -0.495 e. The normalized spacial score (nSPS) is 17.4. The van der Waals surface area contributed by atoms with Crippen LogP contribution >= 0.6 is 15.9 Å². The van der Waals surface area contributed by atoms with Gasteiger partial charge in [-0.1, -0.05) is 6.92 Å². The Kier molecular flexibility index (Phi) is 6.60. The zero-order valence-electron chi connectivity index (χ0n) is 14.5. The number of likely N-dealkylation sites (tertiary alicyclic amines) is 1. The van der Waals surface area contributed by atoms with E-state index in [0.717, 1.165) is 25.9 Å². The molecule has 0 aliphatic carbocycles. The molecule has 0 saturated carbocycles. The van der Waals surface area contributed by atoms with Crippen molar-refractivity contribution in [3.8, 4) is 11.5 Å². The molecule has 0 spiro atoms. The molecule has 8 nitrogen and oxygen atoms in total. The van der Waals surface area contributed by atoms with Crippen LogP contribution in [0.4, 0.5) is 5.69 Å². The number of carbonyl (C=O) groups excluding carboxylic acids is 1. The van der Waals surface area contributed by atoms with Crippen molar-refractivity contribution in [1.29, 1.82) is 0 Å². The number of nitro groups is 1. The summed E-state index contributed by atoms with van der Waals surface area (Å²) < 4.78 is 10.7. The van der Waals surface area contributed by atoms with Crippen molar-refractivity contribution in [3.05, 3.63) is 26.2 Å². The topological polar surface area (TPSA) is 93.9 Å². The number of benzene rings is 1. The van der Waals surface area contributed by atoms with E-state index in [2.05, 4.69) is 33.1 Å². The second-order valence-electron chi connectivity index (χ2n) is 5.71. The molecule has 1 aromatic rings. The summed E-state index contributed by atoms with van der Waals surface area (Å²) in [5.41, 5.74) is -0.275. The van der Waals surface area contributed by atoms with Crippen molar-refractivity contribution in [2.75, 3.05) is 33.9 Å². The third-order valence-electron chi connectivity index (χ3n) is 4.40. The molecule has 0 bridgehead atoms. The second-order valence-corrected chi connectivity index (χ2v) is 6.57. The van der Waals surface area contributed by atoms with Crippen LogP contribution in [0.25, 0.3) is 0 Å². The molecule has 1 atom stereocenters. The van der Waals surface area contributed by atoms with Gasteiger partial charge in [0.15, 0.2) is 0 Å². The monoisotopic (exact) mass is 415 g/mol. The van der Waals surface area contributed by atoms with E-state index in [9.17, 15) is 14.9 Å². The highest BCUT2D eigenvalue weighted by atomic mass is 79.9. The number of rotatable bonds is 7. The van der Waals surface area contributed by atoms with E-state index in [-0.39, 0.29) is 28.8 Å². The number of likely N-dealkylation sites (N-methyl/N-ethyl adjacent to an activating group) is 1. The summed E-state index contributed by atoms with van der Waals surface area (Å²) >= 11 is 3.22. The van der Waals surface area contributed by atoms with Crippen LogP contribution in [-0.4, -0.2) is 55.6 Å². The fourth-order valence-corrected chi connectivity index (χ4v) is 3.77. The fraction of sp³-hybridized carbons (Fsp3) is 0.562. The molecule has 25 heavy (non-hydrogen) atoms. The third-order valence-corrected chi connectivity index (χ3v) is 4.99. The number of nitro benzene ring substituents is 1. The van der Waals surface area contributed by atoms with Gasteiger partial charge in [-0.3, -0.25) is 19.8 Å². The van der Waals surface area contributed by atoms with Gasteiger partial charge in [0.05, 0.1) is 23.6 Å². The van der Waals surface area contributed by atoms with Gasteiger partial charge in [-0.05, 0) is 41.9 Å². The average Bonchev–Trinajstić information content (AvgIpc) is 3.05. The highest BCUT2D eigenvalue weighted by molar-refractivity contribution is 9.10. The van der Waals surface area contributed by atoms with Crippen LogP contribution in [-0.2, 0) is 0 Å². The zero-order valence-corrected chi connectivity index (χ0v) is 16.1. The first-order valence-electron chi connectivity index (χ1n) is 8.05. The van der Waals surface area contributed by atoms with Gasteiger partial charge in [0, 0.05) is 18.7 Å². The Morgan fingerprint density at radius 1 is 1.44 bits per heavy atom. The highest BCUT2D eigenvalue weighted by Crippen LogP contribution is 2.42. The number of halogens is 1. The van der Waals surface area contributed by atoms with E-state index in [4.69, 9.17) is 9.47 Å². The van der Waals surface area contributed by atoms with E-state index in [0.29, 0.717) is 11.0 Å². The van der Waals surface area contributed by atoms with Gasteiger partial charge in [0.1, 0.15) is 11.3 Å². The zero-order chi connectivity index (χ0) is 18.6. The molecule has 1 aliphatic heterocycles. The van der Waals surface area contributed by atoms with Crippen LogP contribution in [0, 0.1) is 10.1 Å². The summed E-state index contributed by atoms with van der Waals surface area (Å²) in [4.78, 5) is 25.7. The number of carbonyl (C=O) groups is 1. The first-order chi connectivity index (χ1) is 11.9. The van der Waals surface area contributed by atoms with Crippen LogP contribution in [0.15, 0.2) is 10.5 Å². The SMILES string of the molecule is CCN1CCC[C@H]1CNC(=O)c1c(OC)c(Br)cc([N+](=O)[O-])c1OC. The lowest BCUT2D eigenvalue weighted by molar-refractivity contribution is -0.385. The predicted octanol–water partition coefficient (Wildman–Crippen LogP) is 2.59. The molecule has 1 fully saturated rings. The minimum atomic E-state index is -0.588. The Hall–Kier alpha value is -1.87. The Morgan fingerprint density at radius 2 is 2.12 bits per heavy atom. The summed E-state index contributed by atoms with van der Waals surface area (Å²) in [6.45, 7) is 4.50. The van der Waals surface area contributed by atoms with Crippen molar-refractivity contribution in [2.24, 2.45) is 0 Å². The number of hydrogen-bond acceptors (Lipinski definition) is 6. The van der Waals surface area contributed by atoms with E-state index in [1.807, 2.05) is 0 Å². The lowest BCUT2D eigenvalue weighted by atomic mass is 10.1. The highest BCUT2D eigenvalue weighted by Gasteiger charge is 2.31. The Morgan fingerprint density at radius 3 is 2.68 bits per heavy atom. The summed E-state index contributed by atoms with van der Waals surface area (Å²) in [5.74, 6) is -0.360. The molecule has 9 heteroatoms. The van der Waals surface area contributed by atoms with Gasteiger partial charge in [-0.2, -0.15) is 0 Å². The number of nitrogens with zero attached hydrogens (tertiary/aromatic N) is 2. The maximum atomic E-state index is 12.7. The van der Waals surface area contributed by atoms with E-state index in [1.54, 1.807) is 0 Å². The molecule has 1 amide bonds. The molecule has 2 rings (SSSR count). The van der Waals surface area contributed by atoms with Crippen molar-refractivity contribution in [3.63, 3.8) is 0 Å². The van der Waals surface area contributed by atoms with Gasteiger partial charge in [0.2, 0.25) is 5.75 Å². The van der Waals surface area contributed by atoms with Crippen molar-refractivity contribution in [2.45, 2.75) is 25.8 Å². The Bertz CT molecular complexity index is 668. The quantitative estimate of drug-likeness (QED) is 0.543. The molecule has 1 saturated heterocycles. The first kappa shape index (κ1) is 19.5. The molecule has 0 aromatic heterocycles. The van der Waals surface area contributed by atoms with Crippen LogP contribution in [0.1, 0.15) is 30.1 Å². The van der Waals surface area contributed by atoms with Gasteiger partial charge in [0.25, 0.3) is 5.91 Å². The Balaban J connectivity index is 2.32. The third kappa shape index (κ3) is 4.04. The molecule has 1 aliphatic rings. The fourth-order valence-electron chi connectivity index (χ4n) is 3.19. The summed E-state index contributed by atoms with van der Waals surface area (Å²) in [7, 11) is 2.69. The second kappa shape index (κ2) is 8.48. The molecule has 0 radical (unpaired) electrons. The largest absolute Gasteiger partial charge is 0.495 e. The van der Waals surface area contributed by atoms with Crippen molar-refractivity contribution in [1.82, 2.24) is 10.2 Å². The summed E-state index contributed by atoms with van der Waals surface area (Å²) in [6, 6.07) is 1.54. The maximum absolute atomic E-state index is 12.7. The molecular weight excluding hydrogens is 394 g/mol. The van der Waals surface area contributed by atoms with Crippen LogP contribution < -0.4 is 14.8 Å². The minimum absolute atomic E-state index is 0.0205. The van der Waals surface area contributed by atoms with Gasteiger partial charge >= 0.3 is 5.69 Å². The van der Waals surface area contributed by atoms with E-state index in [1.165, 1.54) is 20.3 Å². The van der Waals surface area contributed by atoms with Crippen molar-refractivity contribution < 1.29 is 19.2 Å². The van der Waals surface area contributed by atoms with Gasteiger partial charge in [-0.15, -0.1) is 0 Å². The number of amides is 1. The van der Waals surface area contributed by atoms with Gasteiger partial charge in [-0.25, -0.2) is 0 Å². The summed E-state index contributed by atoms with van der Waals surface area (Å²) in [6.07, 6.45) is 2.12. The van der Waals surface area contributed by atoms with Crippen LogP contribution in [0.2, 0.25) is 0 Å². The van der Waals surface area contributed by atoms with Gasteiger partial charge < -0.3 is 14.8 Å². The number of hydrogen-bond donors (Lipinski definition) is 1. The molecule has 1 aromatic carbocycles. The Labute approximate surface area is 154 Å². The molecular formula is C16H22BrN3O5. The van der Waals surface area contributed by atoms with E-state index < -0.39 is 10.8 Å². The lowest BCUT2D eigenvalue weighted by Crippen LogP contribution is -2.40. The standard InChI is InChI=1S/C16H22BrN3O5/c1-4-19-7-5-6-10(19)9-18-16(21)13-14(24-2)11(17)8-12(20(22)23)15(13)25-3/h8,10H,4-7,9H2,1-3H3,(H,18,21)/t10-/m0/s1. The molecule has 138 valence electrons. The molecule has 1 N–H and O–H groups in total. The number of ether oxygens (including phenoxy) is 2. The number of nitrogens with one attached hydrogen (secondary N) is 1. The van der Waals surface area contributed by atoms with Crippen molar-refractivity contribution >= 4 is 27.5 Å². The average molecular weight is 416 g/mol. The van der Waals surface area contributed by atoms with Crippen LogP contribution in [0.3, 0.4) is 0 Å². The number of methoxy groups -OCH3 is 2. The molecule has 1 heterocycles. The maximum Gasteiger partial charge on any atom is 0.313 e. The molecule has 0 unspecified atom stereocenters. The van der Waals surface area contributed by atoms with Crippen LogP contribution in [0.5, 0.6) is 11.5 Å².